The first kappa shape index (κ1) is 20.1. The van der Waals surface area contributed by atoms with E-state index in [1.54, 1.807) is 12.1 Å². The van der Waals surface area contributed by atoms with Gasteiger partial charge >= 0.3 is 12.2 Å². The highest BCUT2D eigenvalue weighted by molar-refractivity contribution is 7.98. The van der Waals surface area contributed by atoms with Gasteiger partial charge in [-0.2, -0.15) is 22.5 Å². The second-order valence-corrected chi connectivity index (χ2v) is 7.11. The number of hydrogen-bond donors (Lipinski definition) is 2. The van der Waals surface area contributed by atoms with Crippen LogP contribution in [0.5, 0.6) is 0 Å². The fourth-order valence-electron chi connectivity index (χ4n) is 2.14. The third-order valence-electron chi connectivity index (χ3n) is 3.39. The maximum atomic E-state index is 13.0. The summed E-state index contributed by atoms with van der Waals surface area (Å²) in [4.78, 5) is 16.1. The normalized spacial score (nSPS) is 11.3. The summed E-state index contributed by atoms with van der Waals surface area (Å²) in [5.41, 5.74) is -0.432. The van der Waals surface area contributed by atoms with Gasteiger partial charge in [-0.05, 0) is 29.8 Å². The molecule has 0 spiro atoms. The van der Waals surface area contributed by atoms with E-state index >= 15 is 0 Å². The van der Waals surface area contributed by atoms with Gasteiger partial charge in [-0.1, -0.05) is 36.0 Å². The molecule has 5 nitrogen and oxygen atoms in total. The lowest BCUT2D eigenvalue weighted by Gasteiger charge is -2.13. The first-order valence-corrected chi connectivity index (χ1v) is 9.52. The Labute approximate surface area is 165 Å². The van der Waals surface area contributed by atoms with Crippen LogP contribution < -0.4 is 10.6 Å². The van der Waals surface area contributed by atoms with Crippen molar-refractivity contribution in [3.8, 4) is 0 Å². The van der Waals surface area contributed by atoms with E-state index in [-0.39, 0.29) is 16.6 Å². The summed E-state index contributed by atoms with van der Waals surface area (Å²) in [6, 6.07) is 9.78. The molecule has 3 aromatic rings. The highest BCUT2D eigenvalue weighted by Gasteiger charge is 2.33. The van der Waals surface area contributed by atoms with E-state index < -0.39 is 17.8 Å². The summed E-state index contributed by atoms with van der Waals surface area (Å²) >= 11 is 2.18. The summed E-state index contributed by atoms with van der Waals surface area (Å²) in [5.74, 6) is 0.173. The highest BCUT2D eigenvalue weighted by atomic mass is 32.2. The molecule has 0 aliphatic heterocycles. The van der Waals surface area contributed by atoms with E-state index in [1.165, 1.54) is 36.0 Å². The molecule has 1 aromatic heterocycles. The predicted molar refractivity (Wildman–Crippen MR) is 100.0 cm³/mol. The van der Waals surface area contributed by atoms with E-state index in [2.05, 4.69) is 20.0 Å². The fourth-order valence-corrected chi connectivity index (χ4v) is 3.63. The summed E-state index contributed by atoms with van der Waals surface area (Å²) in [6.07, 6.45) is -4.59. The van der Waals surface area contributed by atoms with Gasteiger partial charge in [-0.15, -0.1) is 0 Å². The van der Waals surface area contributed by atoms with Crippen LogP contribution >= 0.6 is 23.3 Å². The van der Waals surface area contributed by atoms with Crippen LogP contribution in [0.2, 0.25) is 0 Å². The number of thioether (sulfide) groups is 1. The molecule has 0 fully saturated rings. The van der Waals surface area contributed by atoms with Crippen molar-refractivity contribution >= 4 is 40.1 Å². The number of amides is 2. The molecule has 0 bridgehead atoms. The molecule has 11 heteroatoms. The predicted octanol–water partition coefficient (Wildman–Crippen LogP) is 5.63. The van der Waals surface area contributed by atoms with Crippen LogP contribution in [0.4, 0.5) is 33.2 Å². The third kappa shape index (κ3) is 5.42. The van der Waals surface area contributed by atoms with Gasteiger partial charge in [0.15, 0.2) is 0 Å². The molecule has 0 aliphatic rings. The molecule has 2 aromatic carbocycles. The van der Waals surface area contributed by atoms with Crippen LogP contribution in [-0.2, 0) is 11.9 Å². The molecule has 0 aliphatic carbocycles. The monoisotopic (exact) mass is 428 g/mol. The van der Waals surface area contributed by atoms with E-state index in [4.69, 9.17) is 0 Å². The molecule has 1 heterocycles. The highest BCUT2D eigenvalue weighted by Crippen LogP contribution is 2.34. The first-order valence-electron chi connectivity index (χ1n) is 7.76. The smallest absolute Gasteiger partial charge is 0.307 e. The van der Waals surface area contributed by atoms with Crippen molar-refractivity contribution < 1.29 is 22.4 Å². The number of nitrogens with zero attached hydrogens (tertiary/aromatic N) is 2. The molecular formula is C17H12F4N4OS2. The number of para-hydroxylation sites is 1. The Morgan fingerprint density at radius 2 is 1.79 bits per heavy atom. The minimum Gasteiger partial charge on any atom is -0.307 e. The van der Waals surface area contributed by atoms with Gasteiger partial charge in [0, 0.05) is 17.3 Å². The average molecular weight is 428 g/mol. The van der Waals surface area contributed by atoms with Crippen molar-refractivity contribution in [3.05, 3.63) is 65.5 Å². The van der Waals surface area contributed by atoms with Gasteiger partial charge in [-0.3, -0.25) is 5.32 Å². The summed E-state index contributed by atoms with van der Waals surface area (Å²) < 4.78 is 55.8. The first-order chi connectivity index (χ1) is 13.3. The molecule has 0 saturated heterocycles. The van der Waals surface area contributed by atoms with Crippen molar-refractivity contribution in [2.24, 2.45) is 0 Å². The van der Waals surface area contributed by atoms with Crippen LogP contribution in [0.15, 0.2) is 53.7 Å². The number of carbonyl (C=O) groups is 1. The molecule has 0 unspecified atom stereocenters. The number of hydrogen-bond acceptors (Lipinski definition) is 5. The molecule has 3 rings (SSSR count). The Balaban J connectivity index is 1.58. The Morgan fingerprint density at radius 1 is 1.07 bits per heavy atom. The van der Waals surface area contributed by atoms with Crippen molar-refractivity contribution in [1.82, 2.24) is 9.36 Å². The standard InChI is InChI=1S/C17H12F4N4OS2/c18-11-7-5-10(6-8-11)9-27-16-24-15(28-25-16)23-14(26)22-13-4-2-1-3-12(13)17(19,20)21/h1-8H,9H2,(H2,22,23,24,25,26). The second-order valence-electron chi connectivity index (χ2n) is 5.42. The van der Waals surface area contributed by atoms with E-state index in [1.807, 2.05) is 0 Å². The maximum absolute atomic E-state index is 13.0. The van der Waals surface area contributed by atoms with Crippen molar-refractivity contribution in [2.45, 2.75) is 17.1 Å². The number of aromatic nitrogens is 2. The molecule has 0 atom stereocenters. The van der Waals surface area contributed by atoms with Gasteiger partial charge < -0.3 is 5.32 Å². The fraction of sp³-hybridized carbons (Fsp3) is 0.118. The number of benzene rings is 2. The number of carbonyl (C=O) groups excluding carboxylic acids is 1. The zero-order valence-electron chi connectivity index (χ0n) is 14.0. The van der Waals surface area contributed by atoms with E-state index in [0.29, 0.717) is 10.9 Å². The Hall–Kier alpha value is -2.66. The molecule has 2 amide bonds. The third-order valence-corrected chi connectivity index (χ3v) is 5.05. The zero-order chi connectivity index (χ0) is 20.1. The van der Waals surface area contributed by atoms with Gasteiger partial charge in [-0.25, -0.2) is 9.18 Å². The quantitative estimate of drug-likeness (QED) is 0.408. The number of urea groups is 1. The van der Waals surface area contributed by atoms with Crippen molar-refractivity contribution in [3.63, 3.8) is 0 Å². The average Bonchev–Trinajstić information content (AvgIpc) is 3.08. The van der Waals surface area contributed by atoms with Crippen molar-refractivity contribution in [2.75, 3.05) is 10.6 Å². The Bertz CT molecular complexity index is 960. The SMILES string of the molecule is O=C(Nc1nc(SCc2ccc(F)cc2)ns1)Nc1ccccc1C(F)(F)F. The number of alkyl halides is 3. The minimum atomic E-state index is -4.59. The molecule has 0 saturated carbocycles. The van der Waals surface area contributed by atoms with Gasteiger partial charge in [0.25, 0.3) is 0 Å². The Kier molecular flexibility index (Phi) is 6.15. The van der Waals surface area contributed by atoms with Gasteiger partial charge in [0.2, 0.25) is 10.3 Å². The topological polar surface area (TPSA) is 66.9 Å². The summed E-state index contributed by atoms with van der Waals surface area (Å²) in [7, 11) is 0. The number of halogens is 4. The van der Waals surface area contributed by atoms with Crippen LogP contribution in [0, 0.1) is 5.82 Å². The largest absolute Gasteiger partial charge is 0.418 e. The van der Waals surface area contributed by atoms with E-state index in [9.17, 15) is 22.4 Å². The minimum absolute atomic E-state index is 0.142. The molecule has 2 N–H and O–H groups in total. The molecular weight excluding hydrogens is 416 g/mol. The summed E-state index contributed by atoms with van der Waals surface area (Å²) in [6.45, 7) is 0. The Morgan fingerprint density at radius 3 is 2.50 bits per heavy atom. The lowest BCUT2D eigenvalue weighted by molar-refractivity contribution is -0.136. The lowest BCUT2D eigenvalue weighted by Crippen LogP contribution is -2.21. The van der Waals surface area contributed by atoms with Gasteiger partial charge in [0.1, 0.15) is 5.82 Å². The van der Waals surface area contributed by atoms with Crippen LogP contribution in [0.1, 0.15) is 11.1 Å². The molecule has 146 valence electrons. The maximum Gasteiger partial charge on any atom is 0.418 e. The second kappa shape index (κ2) is 8.57. The van der Waals surface area contributed by atoms with Crippen LogP contribution in [0.3, 0.4) is 0 Å². The molecule has 28 heavy (non-hydrogen) atoms. The summed E-state index contributed by atoms with van der Waals surface area (Å²) in [5, 5.41) is 5.06. The van der Waals surface area contributed by atoms with Crippen molar-refractivity contribution in [1.29, 1.82) is 0 Å². The number of nitrogens with one attached hydrogen (secondary N) is 2. The number of anilines is 2. The number of rotatable bonds is 5. The zero-order valence-corrected chi connectivity index (χ0v) is 15.6. The van der Waals surface area contributed by atoms with Gasteiger partial charge in [0.05, 0.1) is 11.3 Å². The van der Waals surface area contributed by atoms with E-state index in [0.717, 1.165) is 29.2 Å². The van der Waals surface area contributed by atoms with Crippen LogP contribution in [-0.4, -0.2) is 15.4 Å². The molecule has 0 radical (unpaired) electrons. The van der Waals surface area contributed by atoms with Crippen LogP contribution in [0.25, 0.3) is 0 Å². The lowest BCUT2D eigenvalue weighted by atomic mass is 10.1.